The van der Waals surface area contributed by atoms with E-state index in [0.717, 1.165) is 80.3 Å². The molecule has 0 saturated carbocycles. The Hall–Kier alpha value is -2.66. The summed E-state index contributed by atoms with van der Waals surface area (Å²) in [6.07, 6.45) is 7.26. The first-order valence-corrected chi connectivity index (χ1v) is 17.9. The van der Waals surface area contributed by atoms with Crippen LogP contribution < -0.4 is 61.4 Å². The molecule has 0 unspecified atom stereocenters. The number of rotatable bonds is 27. The predicted molar refractivity (Wildman–Crippen MR) is 210 cm³/mol. The smallest absolute Gasteiger partial charge is 0.678 e. The Morgan fingerprint density at radius 2 is 1.53 bits per heavy atom. The maximum absolute atomic E-state index is 11.0. The fourth-order valence-electron chi connectivity index (χ4n) is 4.96. The van der Waals surface area contributed by atoms with Gasteiger partial charge in [0.2, 0.25) is 0 Å². The van der Waals surface area contributed by atoms with Crippen molar-refractivity contribution in [2.75, 3.05) is 78.8 Å². The minimum Gasteiger partial charge on any atom is -0.678 e. The fourth-order valence-corrected chi connectivity index (χ4v) is 4.96. The van der Waals surface area contributed by atoms with Gasteiger partial charge in [0, 0.05) is 58.2 Å². The fraction of sp³-hybridized carbons (Fsp3) is 0.538. The second kappa shape index (κ2) is 33.9. The molecule has 53 heavy (non-hydrogen) atoms. The van der Waals surface area contributed by atoms with Gasteiger partial charge in [0.25, 0.3) is 0 Å². The van der Waals surface area contributed by atoms with E-state index in [9.17, 15) is 4.79 Å². The Balaban J connectivity index is 0.00000522. The van der Waals surface area contributed by atoms with Crippen molar-refractivity contribution in [3.63, 3.8) is 0 Å². The van der Waals surface area contributed by atoms with Gasteiger partial charge in [0.1, 0.15) is 5.75 Å². The van der Waals surface area contributed by atoms with E-state index >= 15 is 0 Å². The molecule has 0 radical (unpaired) electrons. The van der Waals surface area contributed by atoms with Crippen molar-refractivity contribution in [3.05, 3.63) is 77.4 Å². The van der Waals surface area contributed by atoms with Gasteiger partial charge in [-0.2, -0.15) is 5.10 Å². The van der Waals surface area contributed by atoms with Crippen molar-refractivity contribution >= 4 is 30.8 Å². The summed E-state index contributed by atoms with van der Waals surface area (Å²) in [7, 11) is 5.44. The quantitative estimate of drug-likeness (QED) is 0.0448. The second-order valence-electron chi connectivity index (χ2n) is 11.9. The summed E-state index contributed by atoms with van der Waals surface area (Å²) in [6.45, 7) is 13.8. The van der Waals surface area contributed by atoms with Gasteiger partial charge in [-0.15, -0.1) is 5.69 Å². The number of nitrogens with one attached hydrogen (secondary N) is 3. The van der Waals surface area contributed by atoms with Crippen LogP contribution in [0.5, 0.6) is 5.75 Å². The number of aryl methyl sites for hydroxylation is 1. The van der Waals surface area contributed by atoms with E-state index in [4.69, 9.17) is 35.1 Å². The van der Waals surface area contributed by atoms with Gasteiger partial charge in [-0.25, -0.2) is 0 Å². The van der Waals surface area contributed by atoms with Crippen molar-refractivity contribution in [3.8, 4) is 5.75 Å². The average Bonchev–Trinajstić information content (AvgIpc) is 3.58. The minimum absolute atomic E-state index is 0. The molecule has 0 aliphatic rings. The number of ether oxygens (including phenoxy) is 5. The molecular formula is C39H62KN7O6. The molecule has 13 nitrogen and oxygen atoms in total. The van der Waals surface area contributed by atoms with E-state index < -0.39 is 0 Å². The summed E-state index contributed by atoms with van der Waals surface area (Å²) in [5.74, 6) is 0.675. The standard InChI is InChI=1S/C37H56N5O6.2CH3N.K/c1-31(39-34-14-10-13-33(29-34)38-18-20-41(2)30-35-17-19-42(3)40-35)32-12-9-15-36(28-32)48-23-8-6-5-7-21-45-24-26-47-27-25-46-22-11-16-37(43)44-4;2*1-2;/h9-10,12-15,17,19,28-29,31,38H,5-8,11,16,18,20-27,30H2,1-4H3;2*2H,1H2;/q-1;;;+1/t31-;;;/m1.../s1. The number of benzene rings is 2. The molecule has 3 rings (SSSR count). The summed E-state index contributed by atoms with van der Waals surface area (Å²) in [6, 6.07) is 18.6. The maximum atomic E-state index is 11.0. The summed E-state index contributed by atoms with van der Waals surface area (Å²) in [5.41, 5.74) is 4.22. The van der Waals surface area contributed by atoms with Crippen LogP contribution in [-0.2, 0) is 37.3 Å². The minimum atomic E-state index is -0.209. The van der Waals surface area contributed by atoms with E-state index in [1.165, 1.54) is 7.11 Å². The topological polar surface area (TPSA) is 158 Å². The van der Waals surface area contributed by atoms with E-state index in [2.05, 4.69) is 77.8 Å². The zero-order chi connectivity index (χ0) is 38.2. The van der Waals surface area contributed by atoms with Gasteiger partial charge < -0.3 is 45.1 Å². The zero-order valence-electron chi connectivity index (χ0n) is 32.8. The van der Waals surface area contributed by atoms with Gasteiger partial charge in [0.05, 0.1) is 45.8 Å². The predicted octanol–water partition coefficient (Wildman–Crippen LogP) is 4.21. The number of nitrogens with zero attached hydrogens (tertiary/aromatic N) is 4. The van der Waals surface area contributed by atoms with E-state index in [-0.39, 0.29) is 63.4 Å². The Labute approximate surface area is 360 Å². The first-order valence-electron chi connectivity index (χ1n) is 17.9. The SMILES string of the molecule is C=N.C=N.COC(=O)CCCOCCOCCOCCCCCCOc1cccc([C@@H](C)[N-]c2cccc(NCCN(C)Cc3ccn(C)n3)c2)c1.[K+]. The third kappa shape index (κ3) is 25.1. The van der Waals surface area contributed by atoms with Gasteiger partial charge >= 0.3 is 57.4 Å². The number of anilines is 1. The molecule has 0 aliphatic heterocycles. The van der Waals surface area contributed by atoms with Crippen molar-refractivity contribution in [2.24, 2.45) is 7.05 Å². The Morgan fingerprint density at radius 1 is 0.887 bits per heavy atom. The molecule has 1 atom stereocenters. The first kappa shape index (κ1) is 50.3. The van der Waals surface area contributed by atoms with Crippen LogP contribution in [0.3, 0.4) is 0 Å². The number of aromatic nitrogens is 2. The molecule has 14 heteroatoms. The van der Waals surface area contributed by atoms with Crippen molar-refractivity contribution < 1.29 is 79.9 Å². The number of methoxy groups -OCH3 is 1. The van der Waals surface area contributed by atoms with Crippen molar-refractivity contribution in [2.45, 2.75) is 58.0 Å². The monoisotopic (exact) mass is 763 g/mol. The third-order valence-corrected chi connectivity index (χ3v) is 7.65. The number of likely N-dealkylation sites (N-methyl/N-ethyl adjacent to an activating group) is 1. The summed E-state index contributed by atoms with van der Waals surface area (Å²) < 4.78 is 29.1. The largest absolute Gasteiger partial charge is 1.00 e. The summed E-state index contributed by atoms with van der Waals surface area (Å²) >= 11 is 0. The number of carbonyl (C=O) groups is 1. The summed E-state index contributed by atoms with van der Waals surface area (Å²) in [5, 5.41) is 23.9. The van der Waals surface area contributed by atoms with Crippen LogP contribution in [-0.4, -0.2) is 108 Å². The van der Waals surface area contributed by atoms with E-state index in [1.54, 1.807) is 0 Å². The number of esters is 1. The Morgan fingerprint density at radius 3 is 2.19 bits per heavy atom. The van der Waals surface area contributed by atoms with Crippen LogP contribution in [0.15, 0.2) is 60.8 Å². The molecule has 0 amide bonds. The van der Waals surface area contributed by atoms with Gasteiger partial charge in [0.15, 0.2) is 0 Å². The van der Waals surface area contributed by atoms with Gasteiger partial charge in [-0.3, -0.25) is 14.4 Å². The molecule has 290 valence electrons. The second-order valence-corrected chi connectivity index (χ2v) is 11.9. The molecule has 0 bridgehead atoms. The van der Waals surface area contributed by atoms with Gasteiger partial charge in [-0.1, -0.05) is 55.3 Å². The third-order valence-electron chi connectivity index (χ3n) is 7.65. The number of unbranched alkanes of at least 4 members (excludes halogenated alkanes) is 3. The maximum Gasteiger partial charge on any atom is 1.00 e. The molecule has 1 aromatic heterocycles. The van der Waals surface area contributed by atoms with Crippen LogP contribution >= 0.6 is 0 Å². The zero-order valence-corrected chi connectivity index (χ0v) is 35.9. The first-order chi connectivity index (χ1) is 25.4. The summed E-state index contributed by atoms with van der Waals surface area (Å²) in [4.78, 5) is 13.3. The molecule has 2 aromatic carbocycles. The van der Waals surface area contributed by atoms with Crippen LogP contribution in [0.4, 0.5) is 11.4 Å². The number of hydrogen-bond donors (Lipinski definition) is 3. The van der Waals surface area contributed by atoms with E-state index in [0.29, 0.717) is 52.5 Å². The van der Waals surface area contributed by atoms with Crippen LogP contribution in [0.2, 0.25) is 0 Å². The molecule has 0 aliphatic carbocycles. The molecule has 0 spiro atoms. The molecular weight excluding hydrogens is 702 g/mol. The molecule has 3 aromatic rings. The van der Waals surface area contributed by atoms with Crippen LogP contribution in [0.25, 0.3) is 5.32 Å². The van der Waals surface area contributed by atoms with Crippen molar-refractivity contribution in [1.82, 2.24) is 14.7 Å². The molecule has 0 fully saturated rings. The molecule has 0 saturated heterocycles. The van der Waals surface area contributed by atoms with E-state index in [1.807, 2.05) is 42.2 Å². The van der Waals surface area contributed by atoms with Crippen LogP contribution in [0, 0.1) is 10.8 Å². The average molecular weight is 764 g/mol. The molecule has 3 N–H and O–H groups in total. The normalized spacial score (nSPS) is 10.9. The Bertz CT molecular complexity index is 1330. The molecule has 1 heterocycles. The Kier molecular flexibility index (Phi) is 32.2. The van der Waals surface area contributed by atoms with Crippen molar-refractivity contribution in [1.29, 1.82) is 10.8 Å². The van der Waals surface area contributed by atoms with Gasteiger partial charge in [-0.05, 0) is 70.4 Å². The van der Waals surface area contributed by atoms with Crippen LogP contribution in [0.1, 0.15) is 62.7 Å². The number of carbonyl (C=O) groups excluding carboxylic acids is 1. The number of hydrogen-bond acceptors (Lipinski definition) is 11.